The van der Waals surface area contributed by atoms with Gasteiger partial charge in [-0.25, -0.2) is 4.79 Å². The zero-order valence-corrected chi connectivity index (χ0v) is 12.0. The van der Waals surface area contributed by atoms with Gasteiger partial charge in [0.15, 0.2) is 0 Å². The van der Waals surface area contributed by atoms with Crippen LogP contribution in [0.2, 0.25) is 0 Å². The Morgan fingerprint density at radius 1 is 1.58 bits per heavy atom. The maximum atomic E-state index is 11.5. The van der Waals surface area contributed by atoms with Gasteiger partial charge in [0, 0.05) is 11.5 Å². The highest BCUT2D eigenvalue weighted by atomic mass is 32.2. The first-order valence-corrected chi connectivity index (χ1v) is 7.49. The van der Waals surface area contributed by atoms with Crippen molar-refractivity contribution in [2.45, 2.75) is 37.3 Å². The molecule has 104 valence electrons. The lowest BCUT2D eigenvalue weighted by Gasteiger charge is -2.20. The summed E-state index contributed by atoms with van der Waals surface area (Å²) in [4.78, 5) is 12.3. The Labute approximate surface area is 117 Å². The van der Waals surface area contributed by atoms with Crippen LogP contribution in [0.1, 0.15) is 30.6 Å². The first-order valence-electron chi connectivity index (χ1n) is 6.50. The van der Waals surface area contributed by atoms with E-state index in [0.29, 0.717) is 11.3 Å². The van der Waals surface area contributed by atoms with Crippen LogP contribution in [0.15, 0.2) is 23.1 Å². The quantitative estimate of drug-likeness (QED) is 0.812. The van der Waals surface area contributed by atoms with Crippen molar-refractivity contribution >= 4 is 23.4 Å². The van der Waals surface area contributed by atoms with Crippen LogP contribution < -0.4 is 5.32 Å². The maximum absolute atomic E-state index is 11.5. The third kappa shape index (κ3) is 3.22. The van der Waals surface area contributed by atoms with Crippen LogP contribution in [0.5, 0.6) is 0 Å². The fraction of sp³-hybridized carbons (Fsp3) is 0.500. The summed E-state index contributed by atoms with van der Waals surface area (Å²) >= 11 is 1.55. The number of hydrogen-bond donors (Lipinski definition) is 2. The molecule has 1 aromatic carbocycles. The summed E-state index contributed by atoms with van der Waals surface area (Å²) < 4.78 is 5.50. The zero-order chi connectivity index (χ0) is 13.8. The number of ether oxygens (including phenoxy) is 1. The molecule has 1 aromatic rings. The molecular weight excluding hydrogens is 262 g/mol. The van der Waals surface area contributed by atoms with E-state index in [1.807, 2.05) is 32.0 Å². The summed E-state index contributed by atoms with van der Waals surface area (Å²) in [5.74, 6) is -0.0298. The molecule has 1 saturated heterocycles. The molecular formula is C14H19NO3S. The summed E-state index contributed by atoms with van der Waals surface area (Å²) in [5.41, 5.74) is 1.06. The molecule has 0 radical (unpaired) electrons. The van der Waals surface area contributed by atoms with Crippen LogP contribution in [0.4, 0.5) is 5.69 Å². The molecule has 19 heavy (non-hydrogen) atoms. The van der Waals surface area contributed by atoms with Gasteiger partial charge in [-0.05, 0) is 31.2 Å². The Kier molecular flexibility index (Phi) is 4.71. The van der Waals surface area contributed by atoms with Gasteiger partial charge in [-0.3, -0.25) is 0 Å². The fourth-order valence-electron chi connectivity index (χ4n) is 2.27. The number of carboxylic acids is 1. The van der Waals surface area contributed by atoms with Gasteiger partial charge in [0.2, 0.25) is 0 Å². The van der Waals surface area contributed by atoms with E-state index in [0.717, 1.165) is 23.7 Å². The fourth-order valence-corrected chi connectivity index (χ4v) is 3.10. The molecule has 1 aliphatic heterocycles. The maximum Gasteiger partial charge on any atom is 0.338 e. The van der Waals surface area contributed by atoms with Crippen molar-refractivity contribution in [2.75, 3.05) is 17.7 Å². The minimum absolute atomic E-state index is 0.115. The molecule has 1 heterocycles. The van der Waals surface area contributed by atoms with Crippen molar-refractivity contribution in [1.29, 1.82) is 0 Å². The Morgan fingerprint density at radius 3 is 2.95 bits per heavy atom. The average Bonchev–Trinajstić information content (AvgIpc) is 2.75. The number of benzene rings is 1. The number of carboxylic acid groups (broad SMARTS) is 1. The van der Waals surface area contributed by atoms with E-state index in [1.165, 1.54) is 0 Å². The Balaban J connectivity index is 2.28. The number of aromatic carboxylic acids is 1. The summed E-state index contributed by atoms with van der Waals surface area (Å²) in [6, 6.07) is 5.76. The first kappa shape index (κ1) is 14.2. The predicted molar refractivity (Wildman–Crippen MR) is 77.2 cm³/mol. The number of nitrogens with one attached hydrogen (secondary N) is 1. The number of carbonyl (C=O) groups is 1. The SMILES string of the molecule is CCSc1cccc(NC2CCOC2C)c1C(=O)O. The Hall–Kier alpha value is -1.20. The summed E-state index contributed by atoms with van der Waals surface area (Å²) in [6.45, 7) is 4.75. The van der Waals surface area contributed by atoms with Crippen molar-refractivity contribution in [3.8, 4) is 0 Å². The number of thioether (sulfide) groups is 1. The molecule has 0 aliphatic carbocycles. The number of hydrogen-bond acceptors (Lipinski definition) is 4. The molecule has 1 fully saturated rings. The minimum atomic E-state index is -0.884. The summed E-state index contributed by atoms with van der Waals surface area (Å²) in [5, 5.41) is 12.7. The lowest BCUT2D eigenvalue weighted by atomic mass is 10.1. The second kappa shape index (κ2) is 6.30. The lowest BCUT2D eigenvalue weighted by Crippen LogP contribution is -2.27. The molecule has 0 spiro atoms. The number of anilines is 1. The van der Waals surface area contributed by atoms with E-state index >= 15 is 0 Å². The molecule has 2 unspecified atom stereocenters. The van der Waals surface area contributed by atoms with Gasteiger partial charge < -0.3 is 15.2 Å². The van der Waals surface area contributed by atoms with Crippen molar-refractivity contribution in [1.82, 2.24) is 0 Å². The van der Waals surface area contributed by atoms with E-state index in [1.54, 1.807) is 11.8 Å². The largest absolute Gasteiger partial charge is 0.478 e. The van der Waals surface area contributed by atoms with Gasteiger partial charge in [0.05, 0.1) is 23.4 Å². The van der Waals surface area contributed by atoms with Crippen LogP contribution in [0.25, 0.3) is 0 Å². The van der Waals surface area contributed by atoms with Crippen LogP contribution in [0, 0.1) is 0 Å². The van der Waals surface area contributed by atoms with E-state index in [-0.39, 0.29) is 12.1 Å². The lowest BCUT2D eigenvalue weighted by molar-refractivity contribution is 0.0694. The topological polar surface area (TPSA) is 58.6 Å². The van der Waals surface area contributed by atoms with E-state index in [4.69, 9.17) is 4.74 Å². The van der Waals surface area contributed by atoms with Crippen molar-refractivity contribution in [2.24, 2.45) is 0 Å². The highest BCUT2D eigenvalue weighted by Crippen LogP contribution is 2.30. The molecule has 0 amide bonds. The van der Waals surface area contributed by atoms with Crippen LogP contribution in [-0.2, 0) is 4.74 Å². The van der Waals surface area contributed by atoms with Gasteiger partial charge in [0.1, 0.15) is 0 Å². The van der Waals surface area contributed by atoms with Gasteiger partial charge in [-0.1, -0.05) is 13.0 Å². The third-order valence-corrected chi connectivity index (χ3v) is 4.20. The predicted octanol–water partition coefficient (Wildman–Crippen LogP) is 3.09. The van der Waals surface area contributed by atoms with Crippen LogP contribution >= 0.6 is 11.8 Å². The number of rotatable bonds is 5. The van der Waals surface area contributed by atoms with Gasteiger partial charge in [-0.2, -0.15) is 0 Å². The smallest absolute Gasteiger partial charge is 0.338 e. The molecule has 0 aromatic heterocycles. The van der Waals surface area contributed by atoms with Crippen LogP contribution in [-0.4, -0.2) is 35.6 Å². The van der Waals surface area contributed by atoms with Crippen LogP contribution in [0.3, 0.4) is 0 Å². The average molecular weight is 281 g/mol. The van der Waals surface area contributed by atoms with Gasteiger partial charge in [0.25, 0.3) is 0 Å². The van der Waals surface area contributed by atoms with Gasteiger partial charge in [-0.15, -0.1) is 11.8 Å². The molecule has 4 nitrogen and oxygen atoms in total. The second-order valence-electron chi connectivity index (χ2n) is 4.53. The molecule has 0 saturated carbocycles. The minimum Gasteiger partial charge on any atom is -0.478 e. The molecule has 1 aliphatic rings. The normalized spacial score (nSPS) is 22.4. The standard InChI is InChI=1S/C14H19NO3S/c1-3-19-12-6-4-5-11(13(12)14(16)17)15-10-7-8-18-9(10)2/h4-6,9-10,15H,3,7-8H2,1-2H3,(H,16,17). The monoisotopic (exact) mass is 281 g/mol. The van der Waals surface area contributed by atoms with E-state index in [9.17, 15) is 9.90 Å². The summed E-state index contributed by atoms with van der Waals surface area (Å²) in [7, 11) is 0. The van der Waals surface area contributed by atoms with Crippen molar-refractivity contribution in [3.63, 3.8) is 0 Å². The molecule has 2 rings (SSSR count). The summed E-state index contributed by atoms with van der Waals surface area (Å²) in [6.07, 6.45) is 1.02. The van der Waals surface area contributed by atoms with E-state index in [2.05, 4.69) is 5.32 Å². The third-order valence-electron chi connectivity index (χ3n) is 3.26. The Morgan fingerprint density at radius 2 is 2.37 bits per heavy atom. The van der Waals surface area contributed by atoms with Crippen molar-refractivity contribution < 1.29 is 14.6 Å². The highest BCUT2D eigenvalue weighted by Gasteiger charge is 2.26. The Bertz CT molecular complexity index is 464. The molecule has 2 N–H and O–H groups in total. The molecule has 2 atom stereocenters. The zero-order valence-electron chi connectivity index (χ0n) is 11.2. The van der Waals surface area contributed by atoms with E-state index < -0.39 is 5.97 Å². The highest BCUT2D eigenvalue weighted by molar-refractivity contribution is 7.99. The molecule has 5 heteroatoms. The van der Waals surface area contributed by atoms with Crippen molar-refractivity contribution in [3.05, 3.63) is 23.8 Å². The van der Waals surface area contributed by atoms with Gasteiger partial charge >= 0.3 is 5.97 Å². The molecule has 0 bridgehead atoms. The first-order chi connectivity index (χ1) is 9.13. The second-order valence-corrected chi connectivity index (χ2v) is 5.84.